The van der Waals surface area contributed by atoms with Crippen molar-refractivity contribution < 1.29 is 4.79 Å². The summed E-state index contributed by atoms with van der Waals surface area (Å²) in [7, 11) is 0. The molecule has 0 saturated heterocycles. The van der Waals surface area contributed by atoms with Crippen molar-refractivity contribution in [2.45, 2.75) is 38.6 Å². The van der Waals surface area contributed by atoms with Crippen LogP contribution in [0.25, 0.3) is 6.08 Å². The lowest BCUT2D eigenvalue weighted by molar-refractivity contribution is -0.126. The van der Waals surface area contributed by atoms with Gasteiger partial charge in [-0.3, -0.25) is 4.79 Å². The highest BCUT2D eigenvalue weighted by Crippen LogP contribution is 2.27. The Morgan fingerprint density at radius 1 is 1.37 bits per heavy atom. The summed E-state index contributed by atoms with van der Waals surface area (Å²) >= 11 is 0. The van der Waals surface area contributed by atoms with E-state index >= 15 is 0 Å². The van der Waals surface area contributed by atoms with Gasteiger partial charge in [0.05, 0.1) is 0 Å². The van der Waals surface area contributed by atoms with Gasteiger partial charge in [-0.25, -0.2) is 0 Å². The quantitative estimate of drug-likeness (QED) is 0.629. The second-order valence-electron chi connectivity index (χ2n) is 5.12. The molecule has 1 amide bonds. The third-order valence-corrected chi connectivity index (χ3v) is 3.38. The van der Waals surface area contributed by atoms with Crippen molar-refractivity contribution in [2.24, 2.45) is 0 Å². The smallest absolute Gasteiger partial charge is 0.246 e. The van der Waals surface area contributed by atoms with Gasteiger partial charge in [-0.2, -0.15) is 0 Å². The second kappa shape index (κ2) is 6.41. The topological polar surface area (TPSA) is 46.3 Å². The molecule has 102 valence electrons. The lowest BCUT2D eigenvalue weighted by Crippen LogP contribution is -2.32. The molecule has 0 bridgehead atoms. The van der Waals surface area contributed by atoms with E-state index in [-0.39, 0.29) is 5.91 Å². The number of carbonyl (C=O) groups is 1. The number of nitrogens with two attached hydrogens (primary N) is 1. The van der Waals surface area contributed by atoms with Crippen LogP contribution in [0.2, 0.25) is 0 Å². The van der Waals surface area contributed by atoms with Crippen LogP contribution >= 0.6 is 0 Å². The van der Waals surface area contributed by atoms with Crippen LogP contribution in [0.3, 0.4) is 0 Å². The molecule has 1 saturated carbocycles. The largest absolute Gasteiger partial charge is 0.399 e. The summed E-state index contributed by atoms with van der Waals surface area (Å²) in [6.07, 6.45) is 8.06. The van der Waals surface area contributed by atoms with E-state index in [1.54, 1.807) is 6.08 Å². The number of unbranched alkanes of at least 4 members (excludes halogenated alkanes) is 1. The Hall–Kier alpha value is -1.77. The Bertz CT molecular complexity index is 446. The number of nitrogen functional groups attached to an aromatic ring is 1. The molecule has 0 spiro atoms. The molecule has 0 unspecified atom stereocenters. The van der Waals surface area contributed by atoms with E-state index in [2.05, 4.69) is 6.92 Å². The van der Waals surface area contributed by atoms with Crippen molar-refractivity contribution in [3.63, 3.8) is 0 Å². The lowest BCUT2D eigenvalue weighted by Gasteiger charge is -2.20. The fraction of sp³-hybridized carbons (Fsp3) is 0.438. The second-order valence-corrected chi connectivity index (χ2v) is 5.12. The van der Waals surface area contributed by atoms with Crippen LogP contribution in [0.15, 0.2) is 30.3 Å². The highest BCUT2D eigenvalue weighted by molar-refractivity contribution is 5.92. The number of hydrogen-bond acceptors (Lipinski definition) is 2. The highest BCUT2D eigenvalue weighted by Gasteiger charge is 2.30. The molecule has 0 aromatic heterocycles. The number of rotatable bonds is 6. The molecule has 0 atom stereocenters. The zero-order chi connectivity index (χ0) is 13.7. The van der Waals surface area contributed by atoms with Crippen molar-refractivity contribution in [1.82, 2.24) is 4.90 Å². The zero-order valence-corrected chi connectivity index (χ0v) is 11.5. The van der Waals surface area contributed by atoms with E-state index in [1.165, 1.54) is 0 Å². The molecular weight excluding hydrogens is 236 g/mol. The Labute approximate surface area is 115 Å². The average Bonchev–Trinajstić information content (AvgIpc) is 3.23. The number of nitrogens with zero attached hydrogens (tertiary/aromatic N) is 1. The fourth-order valence-corrected chi connectivity index (χ4v) is 2.06. The summed E-state index contributed by atoms with van der Waals surface area (Å²) in [5.74, 6) is 0.132. The first-order valence-electron chi connectivity index (χ1n) is 7.05. The van der Waals surface area contributed by atoms with Crippen LogP contribution < -0.4 is 5.73 Å². The molecule has 19 heavy (non-hydrogen) atoms. The van der Waals surface area contributed by atoms with E-state index in [4.69, 9.17) is 5.73 Å². The third-order valence-electron chi connectivity index (χ3n) is 3.38. The normalized spacial score (nSPS) is 14.8. The minimum Gasteiger partial charge on any atom is -0.399 e. The Balaban J connectivity index is 1.95. The predicted molar refractivity (Wildman–Crippen MR) is 79.5 cm³/mol. The first-order valence-corrected chi connectivity index (χ1v) is 7.05. The van der Waals surface area contributed by atoms with Gasteiger partial charge in [0.2, 0.25) is 5.91 Å². The molecular formula is C16H22N2O. The van der Waals surface area contributed by atoms with Crippen molar-refractivity contribution >= 4 is 17.7 Å². The Morgan fingerprint density at radius 3 is 2.63 bits per heavy atom. The molecule has 3 heteroatoms. The average molecular weight is 258 g/mol. The molecule has 3 nitrogen and oxygen atoms in total. The summed E-state index contributed by atoms with van der Waals surface area (Å²) < 4.78 is 0. The van der Waals surface area contributed by atoms with Gasteiger partial charge < -0.3 is 10.6 Å². The van der Waals surface area contributed by atoms with Crippen molar-refractivity contribution in [1.29, 1.82) is 0 Å². The number of amides is 1. The van der Waals surface area contributed by atoms with Crippen molar-refractivity contribution in [3.8, 4) is 0 Å². The molecule has 0 heterocycles. The van der Waals surface area contributed by atoms with Gasteiger partial charge in [-0.15, -0.1) is 0 Å². The Morgan fingerprint density at radius 2 is 2.05 bits per heavy atom. The SMILES string of the molecule is CCCCN(C(=O)/C=C/c1ccc(N)cc1)C1CC1. The zero-order valence-electron chi connectivity index (χ0n) is 11.5. The van der Waals surface area contributed by atoms with Crippen LogP contribution in [0.5, 0.6) is 0 Å². The standard InChI is InChI=1S/C16H22N2O/c1-2-3-12-18(15-9-10-15)16(19)11-6-13-4-7-14(17)8-5-13/h4-8,11,15H,2-3,9-10,12,17H2,1H3/b11-6+. The van der Waals surface area contributed by atoms with Crippen LogP contribution in [0, 0.1) is 0 Å². The summed E-state index contributed by atoms with van der Waals surface area (Å²) in [4.78, 5) is 14.2. The molecule has 1 fully saturated rings. The van der Waals surface area contributed by atoms with E-state index in [1.807, 2.05) is 35.2 Å². The molecule has 0 radical (unpaired) electrons. The maximum atomic E-state index is 12.2. The number of carbonyl (C=O) groups excluding carboxylic acids is 1. The summed E-state index contributed by atoms with van der Waals surface area (Å²) in [5.41, 5.74) is 7.38. The van der Waals surface area contributed by atoms with Crippen LogP contribution in [0.1, 0.15) is 38.2 Å². The van der Waals surface area contributed by atoms with Crippen LogP contribution in [-0.4, -0.2) is 23.4 Å². The molecule has 2 N–H and O–H groups in total. The number of benzene rings is 1. The minimum absolute atomic E-state index is 0.132. The first kappa shape index (κ1) is 13.7. The van der Waals surface area contributed by atoms with Gasteiger partial charge in [-0.05, 0) is 43.0 Å². The molecule has 1 aliphatic rings. The number of anilines is 1. The lowest BCUT2D eigenvalue weighted by atomic mass is 10.2. The molecule has 1 aliphatic carbocycles. The van der Waals surface area contributed by atoms with E-state index in [9.17, 15) is 4.79 Å². The fourth-order valence-electron chi connectivity index (χ4n) is 2.06. The van der Waals surface area contributed by atoms with E-state index in [0.29, 0.717) is 6.04 Å². The summed E-state index contributed by atoms with van der Waals surface area (Å²) in [6.45, 7) is 3.03. The van der Waals surface area contributed by atoms with E-state index < -0.39 is 0 Å². The van der Waals surface area contributed by atoms with Gasteiger partial charge in [0.15, 0.2) is 0 Å². The molecule has 1 aromatic rings. The van der Waals surface area contributed by atoms with Gasteiger partial charge >= 0.3 is 0 Å². The monoisotopic (exact) mass is 258 g/mol. The number of hydrogen-bond donors (Lipinski definition) is 1. The van der Waals surface area contributed by atoms with Crippen LogP contribution in [-0.2, 0) is 4.79 Å². The molecule has 0 aliphatic heterocycles. The summed E-state index contributed by atoms with van der Waals surface area (Å²) in [5, 5.41) is 0. The third kappa shape index (κ3) is 4.12. The van der Waals surface area contributed by atoms with E-state index in [0.717, 1.165) is 43.5 Å². The van der Waals surface area contributed by atoms with Gasteiger partial charge in [0, 0.05) is 24.4 Å². The van der Waals surface area contributed by atoms with Crippen molar-refractivity contribution in [2.75, 3.05) is 12.3 Å². The highest BCUT2D eigenvalue weighted by atomic mass is 16.2. The van der Waals surface area contributed by atoms with Gasteiger partial charge in [-0.1, -0.05) is 25.5 Å². The Kier molecular flexibility index (Phi) is 4.61. The maximum absolute atomic E-state index is 12.2. The first-order chi connectivity index (χ1) is 9.20. The van der Waals surface area contributed by atoms with Crippen LogP contribution in [0.4, 0.5) is 5.69 Å². The molecule has 2 rings (SSSR count). The minimum atomic E-state index is 0.132. The summed E-state index contributed by atoms with van der Waals surface area (Å²) in [6, 6.07) is 8.02. The molecule has 1 aromatic carbocycles. The van der Waals surface area contributed by atoms with Gasteiger partial charge in [0.25, 0.3) is 0 Å². The maximum Gasteiger partial charge on any atom is 0.246 e. The predicted octanol–water partition coefficient (Wildman–Crippen LogP) is 3.07. The van der Waals surface area contributed by atoms with Crippen molar-refractivity contribution in [3.05, 3.63) is 35.9 Å². The van der Waals surface area contributed by atoms with Gasteiger partial charge in [0.1, 0.15) is 0 Å².